The van der Waals surface area contributed by atoms with Gasteiger partial charge in [0.15, 0.2) is 0 Å². The minimum absolute atomic E-state index is 1.14. The van der Waals surface area contributed by atoms with Crippen molar-refractivity contribution >= 4 is 23.3 Å². The summed E-state index contributed by atoms with van der Waals surface area (Å²) >= 11 is 0. The highest BCUT2D eigenvalue weighted by Gasteiger charge is 2.04. The second-order valence-electron chi connectivity index (χ2n) is 4.86. The Morgan fingerprint density at radius 1 is 0.824 bits per heavy atom. The van der Waals surface area contributed by atoms with Crippen molar-refractivity contribution in [3.63, 3.8) is 0 Å². The summed E-state index contributed by atoms with van der Waals surface area (Å²) < 4.78 is 0. The molecule has 1 aromatic heterocycles. The summed E-state index contributed by atoms with van der Waals surface area (Å²) in [5, 5.41) is 3.69. The van der Waals surface area contributed by atoms with E-state index in [2.05, 4.69) is 13.8 Å². The minimum atomic E-state index is 1.14. The third-order valence-electron chi connectivity index (χ3n) is 3.25. The van der Waals surface area contributed by atoms with Crippen LogP contribution < -0.4 is 0 Å². The monoisotopic (exact) mass is 288 g/mol. The molecule has 0 amide bonds. The van der Waals surface area contributed by atoms with Gasteiger partial charge in [-0.25, -0.2) is 0 Å². The van der Waals surface area contributed by atoms with Gasteiger partial charge in [-0.1, -0.05) is 52.4 Å². The van der Waals surface area contributed by atoms with Gasteiger partial charge in [-0.2, -0.15) is 0 Å². The number of aryl methyl sites for hydroxylation is 2. The first-order valence-corrected chi connectivity index (χ1v) is 11.6. The third kappa shape index (κ3) is 6.96. The summed E-state index contributed by atoms with van der Waals surface area (Å²) in [5.74, 6) is 0. The zero-order chi connectivity index (χ0) is 12.3. The zero-order valence-corrected chi connectivity index (χ0v) is 14.3. The van der Waals surface area contributed by atoms with E-state index in [-0.39, 0.29) is 0 Å². The maximum atomic E-state index is 2.30. The van der Waals surface area contributed by atoms with Crippen molar-refractivity contribution in [1.82, 2.24) is 0 Å². The highest BCUT2D eigenvalue weighted by atomic mass is 32.1. The van der Waals surface area contributed by atoms with E-state index in [9.17, 15) is 0 Å². The topological polar surface area (TPSA) is 0 Å². The zero-order valence-electron chi connectivity index (χ0n) is 11.5. The van der Waals surface area contributed by atoms with Crippen molar-refractivity contribution in [2.45, 2.75) is 78.1 Å². The van der Waals surface area contributed by atoms with E-state index in [1.807, 2.05) is 10.6 Å². The maximum Gasteiger partial charge on any atom is -0.00855 e. The van der Waals surface area contributed by atoms with Gasteiger partial charge in [0.05, 0.1) is 0 Å². The van der Waals surface area contributed by atoms with Gasteiger partial charge in [0.25, 0.3) is 0 Å². The molecule has 0 radical (unpaired) electrons. The molecule has 0 spiro atoms. The highest BCUT2D eigenvalue weighted by Crippen LogP contribution is 2.43. The van der Waals surface area contributed by atoms with Crippen molar-refractivity contribution < 1.29 is 0 Å². The Morgan fingerprint density at radius 2 is 1.47 bits per heavy atom. The molecule has 17 heavy (non-hydrogen) atoms. The molecule has 0 saturated heterocycles. The van der Waals surface area contributed by atoms with Crippen LogP contribution in [-0.4, -0.2) is 0 Å². The molecular formula is C14H27P3. The van der Waals surface area contributed by atoms with Crippen LogP contribution >= 0.6 is 23.3 Å². The summed E-state index contributed by atoms with van der Waals surface area (Å²) in [5.41, 5.74) is 0. The van der Waals surface area contributed by atoms with Crippen LogP contribution in [-0.2, 0) is 12.8 Å². The lowest BCUT2D eigenvalue weighted by atomic mass is 10.1. The van der Waals surface area contributed by atoms with E-state index in [1.165, 1.54) is 64.2 Å². The molecule has 0 aromatic carbocycles. The third-order valence-corrected chi connectivity index (χ3v) is 9.15. The van der Waals surface area contributed by atoms with Gasteiger partial charge in [-0.05, 0) is 51.7 Å². The second-order valence-corrected chi connectivity index (χ2v) is 10.3. The first kappa shape index (κ1) is 15.7. The summed E-state index contributed by atoms with van der Waals surface area (Å²) in [6, 6.07) is 0. The first-order valence-electron chi connectivity index (χ1n) is 7.27. The molecule has 1 rings (SSSR count). The van der Waals surface area contributed by atoms with Crippen LogP contribution in [0.15, 0.2) is 0 Å². The molecule has 0 nitrogen and oxygen atoms in total. The van der Waals surface area contributed by atoms with E-state index in [1.54, 1.807) is 15.4 Å². The van der Waals surface area contributed by atoms with Gasteiger partial charge < -0.3 is 0 Å². The van der Waals surface area contributed by atoms with Crippen LogP contribution in [0.5, 0.6) is 0 Å². The lowest BCUT2D eigenvalue weighted by molar-refractivity contribution is 0.657. The fourth-order valence-corrected chi connectivity index (χ4v) is 9.23. The number of rotatable bonds is 10. The predicted molar refractivity (Wildman–Crippen MR) is 86.7 cm³/mol. The standard InChI is InChI=1S/C14H27P3/c1-3-5-7-9-11-13-14(16-17-15-13)12-10-8-6-4-2/h15H,3-12H2,1-2H3. The van der Waals surface area contributed by atoms with E-state index >= 15 is 0 Å². The molecule has 98 valence electrons. The van der Waals surface area contributed by atoms with Crippen LogP contribution in [0.1, 0.15) is 75.8 Å². The predicted octanol–water partition coefficient (Wildman–Crippen LogP) is 7.12. The Morgan fingerprint density at radius 3 is 2.12 bits per heavy atom. The summed E-state index contributed by atoms with van der Waals surface area (Å²) in [4.78, 5) is 0. The molecule has 1 unspecified atom stereocenters. The minimum Gasteiger partial charge on any atom is -0.102 e. The molecule has 0 aliphatic carbocycles. The van der Waals surface area contributed by atoms with Crippen molar-refractivity contribution in [2.24, 2.45) is 0 Å². The molecule has 0 fully saturated rings. The molecule has 0 aliphatic rings. The average Bonchev–Trinajstić information content (AvgIpc) is 2.78. The van der Waals surface area contributed by atoms with Crippen LogP contribution in [0.25, 0.3) is 0 Å². The fourth-order valence-electron chi connectivity index (χ4n) is 2.12. The molecular weight excluding hydrogens is 261 g/mol. The number of hydrogen-bond acceptors (Lipinski definition) is 0. The molecule has 1 aromatic rings. The van der Waals surface area contributed by atoms with E-state index < -0.39 is 0 Å². The second kappa shape index (κ2) is 10.6. The Labute approximate surface area is 112 Å². The van der Waals surface area contributed by atoms with Crippen molar-refractivity contribution in [3.8, 4) is 0 Å². The van der Waals surface area contributed by atoms with Crippen molar-refractivity contribution in [2.75, 3.05) is 0 Å². The highest BCUT2D eigenvalue weighted by molar-refractivity contribution is 8.17. The molecule has 3 heteroatoms. The molecule has 0 N–H and O–H groups in total. The Kier molecular flexibility index (Phi) is 9.74. The van der Waals surface area contributed by atoms with Crippen LogP contribution in [0, 0.1) is 0 Å². The van der Waals surface area contributed by atoms with Gasteiger partial charge in [-0.3, -0.25) is 0 Å². The van der Waals surface area contributed by atoms with Gasteiger partial charge in [0, 0.05) is 0 Å². The van der Waals surface area contributed by atoms with Crippen LogP contribution in [0.4, 0.5) is 0 Å². The van der Waals surface area contributed by atoms with Crippen LogP contribution in [0.3, 0.4) is 0 Å². The molecule has 0 aliphatic heterocycles. The first-order chi connectivity index (χ1) is 8.38. The summed E-state index contributed by atoms with van der Waals surface area (Å²) in [7, 11) is 4.48. The number of unbranched alkanes of at least 4 members (excludes halogenated alkanes) is 6. The van der Waals surface area contributed by atoms with Gasteiger partial charge >= 0.3 is 0 Å². The average molecular weight is 288 g/mol. The molecule has 0 bridgehead atoms. The van der Waals surface area contributed by atoms with Crippen LogP contribution in [0.2, 0.25) is 0 Å². The Balaban J connectivity index is 2.22. The molecule has 0 saturated carbocycles. The maximum absolute atomic E-state index is 2.30. The SMILES string of the molecule is CCCCCCc1pp[pH]c1CCCCCC. The lowest BCUT2D eigenvalue weighted by Crippen LogP contribution is -1.88. The molecule has 1 heterocycles. The molecule has 1 atom stereocenters. The van der Waals surface area contributed by atoms with E-state index in [0.717, 1.165) is 7.87 Å². The van der Waals surface area contributed by atoms with Crippen molar-refractivity contribution in [1.29, 1.82) is 0 Å². The van der Waals surface area contributed by atoms with E-state index in [4.69, 9.17) is 0 Å². The Bertz CT molecular complexity index is 254. The normalized spacial score (nSPS) is 12.4. The Hall–Kier alpha value is 0.640. The van der Waals surface area contributed by atoms with Crippen molar-refractivity contribution in [3.05, 3.63) is 10.6 Å². The summed E-state index contributed by atoms with van der Waals surface area (Å²) in [6.07, 6.45) is 14.2. The number of hydrogen-bond donors (Lipinski definition) is 0. The smallest absolute Gasteiger partial charge is 0.00855 e. The van der Waals surface area contributed by atoms with Gasteiger partial charge in [0.2, 0.25) is 0 Å². The largest absolute Gasteiger partial charge is 0.102 e. The lowest BCUT2D eigenvalue weighted by Gasteiger charge is -2.03. The summed E-state index contributed by atoms with van der Waals surface area (Å²) in [6.45, 7) is 4.60. The van der Waals surface area contributed by atoms with Gasteiger partial charge in [0.1, 0.15) is 0 Å². The van der Waals surface area contributed by atoms with E-state index in [0.29, 0.717) is 0 Å². The van der Waals surface area contributed by atoms with Gasteiger partial charge in [-0.15, -0.1) is 7.87 Å². The quantitative estimate of drug-likeness (QED) is 0.402. The fraction of sp³-hybridized carbons (Fsp3) is 0.857.